The highest BCUT2D eigenvalue weighted by Crippen LogP contribution is 2.46. The molecular formula is C55H55ClN4. The van der Waals surface area contributed by atoms with Crippen molar-refractivity contribution in [1.82, 2.24) is 9.55 Å². The van der Waals surface area contributed by atoms with Crippen molar-refractivity contribution < 1.29 is 0 Å². The van der Waals surface area contributed by atoms with E-state index in [0.717, 1.165) is 67.5 Å². The molecule has 0 aliphatic rings. The van der Waals surface area contributed by atoms with Gasteiger partial charge in [0, 0.05) is 28.4 Å². The molecule has 8 aromatic rings. The van der Waals surface area contributed by atoms with Crippen molar-refractivity contribution in [3.05, 3.63) is 192 Å². The molecule has 1 heterocycles. The van der Waals surface area contributed by atoms with E-state index in [-0.39, 0.29) is 16.2 Å². The molecule has 0 aliphatic carbocycles. The summed E-state index contributed by atoms with van der Waals surface area (Å²) in [6.07, 6.45) is 1.90. The number of hydrogen-bond donors (Lipinski definition) is 0. The minimum Gasteiger partial charge on any atom is -0.310 e. The second-order valence-corrected chi connectivity index (χ2v) is 19.3. The maximum atomic E-state index is 7.77. The van der Waals surface area contributed by atoms with Gasteiger partial charge in [-0.05, 0) is 123 Å². The van der Waals surface area contributed by atoms with Crippen molar-refractivity contribution in [3.63, 3.8) is 0 Å². The summed E-state index contributed by atoms with van der Waals surface area (Å²) in [5.74, 6) is 0. The van der Waals surface area contributed by atoms with Crippen LogP contribution >= 0.6 is 11.6 Å². The number of rotatable bonds is 8. The molecule has 0 unspecified atom stereocenters. The lowest BCUT2D eigenvalue weighted by atomic mass is 9.86. The van der Waals surface area contributed by atoms with Crippen LogP contribution in [-0.4, -0.2) is 9.55 Å². The summed E-state index contributed by atoms with van der Waals surface area (Å²) < 4.78 is 2.15. The second-order valence-electron chi connectivity index (χ2n) is 18.9. The number of anilines is 6. The van der Waals surface area contributed by atoms with Gasteiger partial charge in [0.2, 0.25) is 0 Å². The van der Waals surface area contributed by atoms with E-state index < -0.39 is 0 Å². The quantitative estimate of drug-likeness (QED) is 0.153. The van der Waals surface area contributed by atoms with Gasteiger partial charge in [-0.15, -0.1) is 0 Å². The molecule has 8 rings (SSSR count). The molecule has 0 bridgehead atoms. The van der Waals surface area contributed by atoms with Crippen molar-refractivity contribution in [1.29, 1.82) is 0 Å². The number of aromatic nitrogens is 2. The molecular weight excluding hydrogens is 752 g/mol. The highest BCUT2D eigenvalue weighted by molar-refractivity contribution is 6.35. The number of imidazole rings is 1. The number of hydrogen-bond acceptors (Lipinski definition) is 3. The number of para-hydroxylation sites is 1. The fraction of sp³-hybridized carbons (Fsp3) is 0.218. The molecule has 7 aromatic carbocycles. The van der Waals surface area contributed by atoms with Crippen molar-refractivity contribution in [2.24, 2.45) is 0 Å². The van der Waals surface area contributed by atoms with Crippen LogP contribution in [0.3, 0.4) is 0 Å². The maximum Gasteiger partial charge on any atom is 0.100 e. The standard InChI is InChI=1S/C55H55ClN4/c1-53(2,3)40-24-28-44(29-25-40)59(45-30-26-41(27-31-45)54(4,5)6)46-21-16-22-47(36-46)60(43-19-14-11-15-20-43)51-35-42(55(7,8)9)34-50(52(51)56)58-37-57-48-32-23-39(33-49(48)58)38-17-12-10-13-18-38/h10-37H,1-9H3. The Hall–Kier alpha value is -6.10. The average Bonchev–Trinajstić information content (AvgIpc) is 3.65. The summed E-state index contributed by atoms with van der Waals surface area (Å²) in [5, 5.41) is 0.633. The molecule has 0 atom stereocenters. The summed E-state index contributed by atoms with van der Waals surface area (Å²) in [6.45, 7) is 20.3. The predicted molar refractivity (Wildman–Crippen MR) is 257 cm³/mol. The lowest BCUT2D eigenvalue weighted by Gasteiger charge is -2.32. The van der Waals surface area contributed by atoms with E-state index in [1.54, 1.807) is 0 Å². The number of nitrogens with zero attached hydrogens (tertiary/aromatic N) is 4. The molecule has 0 spiro atoms. The smallest absolute Gasteiger partial charge is 0.100 e. The average molecular weight is 808 g/mol. The predicted octanol–water partition coefficient (Wildman–Crippen LogP) is 16.2. The Morgan fingerprint density at radius 2 is 0.933 bits per heavy atom. The van der Waals surface area contributed by atoms with Crippen LogP contribution in [0.2, 0.25) is 5.02 Å². The van der Waals surface area contributed by atoms with Gasteiger partial charge in [-0.1, -0.05) is 159 Å². The van der Waals surface area contributed by atoms with E-state index >= 15 is 0 Å². The molecule has 302 valence electrons. The Balaban J connectivity index is 1.32. The Labute approximate surface area is 361 Å². The van der Waals surface area contributed by atoms with Gasteiger partial charge in [-0.2, -0.15) is 0 Å². The minimum atomic E-state index is -0.181. The van der Waals surface area contributed by atoms with Crippen LogP contribution in [0.25, 0.3) is 27.8 Å². The van der Waals surface area contributed by atoms with Gasteiger partial charge in [0.15, 0.2) is 0 Å². The first-order valence-electron chi connectivity index (χ1n) is 20.9. The van der Waals surface area contributed by atoms with Gasteiger partial charge < -0.3 is 9.80 Å². The van der Waals surface area contributed by atoms with Crippen LogP contribution in [0, 0.1) is 0 Å². The zero-order chi connectivity index (χ0) is 42.4. The van der Waals surface area contributed by atoms with Crippen molar-refractivity contribution in [3.8, 4) is 16.8 Å². The van der Waals surface area contributed by atoms with Crippen LogP contribution in [0.1, 0.15) is 79.0 Å². The van der Waals surface area contributed by atoms with Crippen LogP contribution in [-0.2, 0) is 16.2 Å². The van der Waals surface area contributed by atoms with E-state index in [1.165, 1.54) is 11.1 Å². The van der Waals surface area contributed by atoms with Crippen molar-refractivity contribution in [2.45, 2.75) is 78.6 Å². The van der Waals surface area contributed by atoms with E-state index in [1.807, 2.05) is 12.4 Å². The third kappa shape index (κ3) is 8.22. The third-order valence-electron chi connectivity index (χ3n) is 11.4. The van der Waals surface area contributed by atoms with Gasteiger partial charge in [0.1, 0.15) is 6.33 Å². The molecule has 1 aromatic heterocycles. The number of halogens is 1. The van der Waals surface area contributed by atoms with Crippen LogP contribution in [0.4, 0.5) is 34.1 Å². The molecule has 0 aliphatic heterocycles. The molecule has 4 nitrogen and oxygen atoms in total. The number of fused-ring (bicyclic) bond motifs is 1. The summed E-state index contributed by atoms with van der Waals surface area (Å²) in [5.41, 5.74) is 14.8. The molecule has 0 saturated carbocycles. The molecule has 5 heteroatoms. The van der Waals surface area contributed by atoms with Crippen LogP contribution < -0.4 is 9.80 Å². The fourth-order valence-electron chi connectivity index (χ4n) is 7.82. The van der Waals surface area contributed by atoms with E-state index in [4.69, 9.17) is 16.6 Å². The largest absolute Gasteiger partial charge is 0.310 e. The fourth-order valence-corrected chi connectivity index (χ4v) is 8.10. The van der Waals surface area contributed by atoms with E-state index in [0.29, 0.717) is 5.02 Å². The first kappa shape index (κ1) is 40.7. The molecule has 0 amide bonds. The highest BCUT2D eigenvalue weighted by atomic mass is 35.5. The van der Waals surface area contributed by atoms with Gasteiger partial charge in [0.25, 0.3) is 0 Å². The topological polar surface area (TPSA) is 24.3 Å². The van der Waals surface area contributed by atoms with Crippen LogP contribution in [0.5, 0.6) is 0 Å². The molecule has 0 N–H and O–H groups in total. The zero-order valence-corrected chi connectivity index (χ0v) is 37.1. The lowest BCUT2D eigenvalue weighted by Crippen LogP contribution is -2.17. The molecule has 0 fully saturated rings. The van der Waals surface area contributed by atoms with Crippen LogP contribution in [0.15, 0.2) is 170 Å². The highest BCUT2D eigenvalue weighted by Gasteiger charge is 2.26. The molecule has 0 saturated heterocycles. The monoisotopic (exact) mass is 806 g/mol. The Bertz CT molecular complexity index is 2690. The minimum absolute atomic E-state index is 0.0424. The summed E-state index contributed by atoms with van der Waals surface area (Å²) >= 11 is 7.77. The first-order chi connectivity index (χ1) is 28.6. The Morgan fingerprint density at radius 1 is 0.433 bits per heavy atom. The SMILES string of the molecule is CC(C)(C)c1ccc(N(c2ccc(C(C)(C)C)cc2)c2cccc(N(c3ccccc3)c3cc(C(C)(C)C)cc(-n4cnc5ccc(-c6ccccc6)cc54)c3Cl)c2)cc1. The zero-order valence-electron chi connectivity index (χ0n) is 36.3. The second kappa shape index (κ2) is 15.8. The van der Waals surface area contributed by atoms with Gasteiger partial charge in [-0.3, -0.25) is 4.57 Å². The van der Waals surface area contributed by atoms with E-state index in [2.05, 4.69) is 234 Å². The van der Waals surface area contributed by atoms with Gasteiger partial charge >= 0.3 is 0 Å². The van der Waals surface area contributed by atoms with E-state index in [9.17, 15) is 0 Å². The summed E-state index contributed by atoms with van der Waals surface area (Å²) in [6, 6.07) is 58.8. The number of benzene rings is 7. The lowest BCUT2D eigenvalue weighted by molar-refractivity contribution is 0.589. The molecule has 60 heavy (non-hydrogen) atoms. The maximum absolute atomic E-state index is 7.77. The Kier molecular flexibility index (Phi) is 10.7. The summed E-state index contributed by atoms with van der Waals surface area (Å²) in [7, 11) is 0. The first-order valence-corrected chi connectivity index (χ1v) is 21.3. The summed E-state index contributed by atoms with van der Waals surface area (Å²) in [4.78, 5) is 9.51. The van der Waals surface area contributed by atoms with Gasteiger partial charge in [-0.25, -0.2) is 4.98 Å². The third-order valence-corrected chi connectivity index (χ3v) is 11.8. The van der Waals surface area contributed by atoms with Crippen molar-refractivity contribution in [2.75, 3.05) is 9.80 Å². The van der Waals surface area contributed by atoms with Crippen molar-refractivity contribution >= 4 is 56.8 Å². The van der Waals surface area contributed by atoms with Gasteiger partial charge in [0.05, 0.1) is 27.4 Å². The Morgan fingerprint density at radius 3 is 1.48 bits per heavy atom. The normalized spacial score (nSPS) is 12.2. The molecule has 0 radical (unpaired) electrons.